The first-order valence-electron chi connectivity index (χ1n) is 5.22. The van der Waals surface area contributed by atoms with E-state index in [1.807, 2.05) is 0 Å². The van der Waals surface area contributed by atoms with Crippen molar-refractivity contribution >= 4 is 11.6 Å². The molecule has 0 aromatic heterocycles. The molecule has 1 unspecified atom stereocenters. The standard InChI is InChI=1S/C10H20ClNO/c1-2-9-3-5-12(6-4-9)8-10(13)7-11/h9-10,13H,2-8H2,1H3. The zero-order valence-electron chi connectivity index (χ0n) is 8.38. The Hall–Kier alpha value is 0.210. The quantitative estimate of drug-likeness (QED) is 0.707. The minimum absolute atomic E-state index is 0.347. The molecule has 0 spiro atoms. The van der Waals surface area contributed by atoms with Crippen molar-refractivity contribution in [2.45, 2.75) is 32.3 Å². The Labute approximate surface area is 85.9 Å². The van der Waals surface area contributed by atoms with E-state index in [4.69, 9.17) is 11.6 Å². The number of hydrogen-bond donors (Lipinski definition) is 1. The van der Waals surface area contributed by atoms with Crippen LogP contribution in [-0.2, 0) is 0 Å². The van der Waals surface area contributed by atoms with Gasteiger partial charge in [-0.1, -0.05) is 13.3 Å². The van der Waals surface area contributed by atoms with Crippen LogP contribution < -0.4 is 0 Å². The van der Waals surface area contributed by atoms with Crippen molar-refractivity contribution in [3.05, 3.63) is 0 Å². The van der Waals surface area contributed by atoms with Gasteiger partial charge in [0.05, 0.1) is 6.10 Å². The zero-order valence-corrected chi connectivity index (χ0v) is 9.13. The number of hydrogen-bond acceptors (Lipinski definition) is 2. The normalized spacial score (nSPS) is 23.3. The van der Waals surface area contributed by atoms with Gasteiger partial charge in [-0.3, -0.25) is 0 Å². The van der Waals surface area contributed by atoms with Crippen molar-refractivity contribution in [1.82, 2.24) is 4.90 Å². The van der Waals surface area contributed by atoms with E-state index in [2.05, 4.69) is 11.8 Å². The largest absolute Gasteiger partial charge is 0.391 e. The van der Waals surface area contributed by atoms with Crippen LogP contribution in [0.3, 0.4) is 0 Å². The maximum atomic E-state index is 9.36. The number of rotatable bonds is 4. The molecule has 1 fully saturated rings. The molecule has 1 atom stereocenters. The molecule has 0 aliphatic carbocycles. The van der Waals surface area contributed by atoms with Gasteiger partial charge in [0.1, 0.15) is 0 Å². The van der Waals surface area contributed by atoms with Crippen LogP contribution in [-0.4, -0.2) is 41.6 Å². The predicted octanol–water partition coefficient (Wildman–Crippen LogP) is 1.71. The third-order valence-electron chi connectivity index (χ3n) is 2.93. The Kier molecular flexibility index (Phi) is 5.07. The van der Waals surface area contributed by atoms with E-state index in [1.54, 1.807) is 0 Å². The van der Waals surface area contributed by atoms with Crippen molar-refractivity contribution in [3.8, 4) is 0 Å². The average Bonchev–Trinajstić information content (AvgIpc) is 2.19. The molecule has 1 heterocycles. The second-order valence-corrected chi connectivity index (χ2v) is 4.27. The number of β-amino-alcohol motifs (C(OH)–C–C–N with tert-alkyl or cyclic N) is 1. The molecular formula is C10H20ClNO. The van der Waals surface area contributed by atoms with Crippen LogP contribution in [0.1, 0.15) is 26.2 Å². The van der Waals surface area contributed by atoms with Crippen molar-refractivity contribution in [2.24, 2.45) is 5.92 Å². The predicted molar refractivity (Wildman–Crippen MR) is 56.2 cm³/mol. The Bertz CT molecular complexity index is 135. The molecule has 1 saturated heterocycles. The van der Waals surface area contributed by atoms with Gasteiger partial charge in [0.2, 0.25) is 0 Å². The highest BCUT2D eigenvalue weighted by Gasteiger charge is 2.19. The van der Waals surface area contributed by atoms with E-state index in [1.165, 1.54) is 19.3 Å². The van der Waals surface area contributed by atoms with Crippen LogP contribution in [0.15, 0.2) is 0 Å². The highest BCUT2D eigenvalue weighted by molar-refractivity contribution is 6.18. The summed E-state index contributed by atoms with van der Waals surface area (Å²) >= 11 is 5.55. The first kappa shape index (κ1) is 11.3. The third kappa shape index (κ3) is 3.84. The Morgan fingerprint density at radius 1 is 1.46 bits per heavy atom. The van der Waals surface area contributed by atoms with Gasteiger partial charge < -0.3 is 10.0 Å². The Morgan fingerprint density at radius 3 is 2.54 bits per heavy atom. The first-order chi connectivity index (χ1) is 6.26. The highest BCUT2D eigenvalue weighted by atomic mass is 35.5. The fraction of sp³-hybridized carbons (Fsp3) is 1.00. The van der Waals surface area contributed by atoms with Gasteiger partial charge >= 0.3 is 0 Å². The molecule has 1 rings (SSSR count). The SMILES string of the molecule is CCC1CCN(CC(O)CCl)CC1. The molecule has 2 nitrogen and oxygen atoms in total. The smallest absolute Gasteiger partial charge is 0.0802 e. The summed E-state index contributed by atoms with van der Waals surface area (Å²) in [5.74, 6) is 1.26. The fourth-order valence-corrected chi connectivity index (χ4v) is 2.02. The number of alkyl halides is 1. The monoisotopic (exact) mass is 205 g/mol. The molecule has 0 amide bonds. The van der Waals surface area contributed by atoms with E-state index < -0.39 is 0 Å². The van der Waals surface area contributed by atoms with Gasteiger partial charge in [-0.2, -0.15) is 0 Å². The summed E-state index contributed by atoms with van der Waals surface area (Å²) in [7, 11) is 0. The van der Waals surface area contributed by atoms with E-state index in [0.29, 0.717) is 5.88 Å². The van der Waals surface area contributed by atoms with Gasteiger partial charge in [-0.15, -0.1) is 11.6 Å². The van der Waals surface area contributed by atoms with Gasteiger partial charge in [-0.05, 0) is 31.8 Å². The maximum absolute atomic E-state index is 9.36. The lowest BCUT2D eigenvalue weighted by molar-refractivity contribution is 0.101. The lowest BCUT2D eigenvalue weighted by Crippen LogP contribution is -2.39. The van der Waals surface area contributed by atoms with E-state index in [-0.39, 0.29) is 6.10 Å². The molecule has 1 aliphatic heterocycles. The molecule has 0 bridgehead atoms. The van der Waals surface area contributed by atoms with Crippen molar-refractivity contribution in [1.29, 1.82) is 0 Å². The Balaban J connectivity index is 2.17. The van der Waals surface area contributed by atoms with Gasteiger partial charge in [0.25, 0.3) is 0 Å². The van der Waals surface area contributed by atoms with Crippen molar-refractivity contribution in [3.63, 3.8) is 0 Å². The molecule has 13 heavy (non-hydrogen) atoms. The summed E-state index contributed by atoms with van der Waals surface area (Å²) in [5, 5.41) is 9.36. The molecule has 0 aromatic carbocycles. The average molecular weight is 206 g/mol. The second-order valence-electron chi connectivity index (χ2n) is 3.96. The molecule has 1 N–H and O–H groups in total. The molecule has 3 heteroatoms. The van der Waals surface area contributed by atoms with Crippen molar-refractivity contribution in [2.75, 3.05) is 25.5 Å². The fourth-order valence-electron chi connectivity index (χ4n) is 1.92. The third-order valence-corrected chi connectivity index (χ3v) is 3.29. The van der Waals surface area contributed by atoms with Crippen LogP contribution in [0, 0.1) is 5.92 Å². The second kappa shape index (κ2) is 5.84. The van der Waals surface area contributed by atoms with Crippen LogP contribution in [0.25, 0.3) is 0 Å². The molecule has 0 aromatic rings. The number of aliphatic hydroxyl groups is 1. The van der Waals surface area contributed by atoms with E-state index >= 15 is 0 Å². The van der Waals surface area contributed by atoms with Crippen LogP contribution in [0.2, 0.25) is 0 Å². The van der Waals surface area contributed by atoms with Crippen LogP contribution >= 0.6 is 11.6 Å². The summed E-state index contributed by atoms with van der Waals surface area (Å²) in [6.45, 7) is 5.27. The minimum atomic E-state index is -0.347. The molecule has 78 valence electrons. The number of halogens is 1. The van der Waals surface area contributed by atoms with Gasteiger partial charge in [-0.25, -0.2) is 0 Å². The Morgan fingerprint density at radius 2 is 2.08 bits per heavy atom. The summed E-state index contributed by atoms with van der Waals surface area (Å²) < 4.78 is 0. The van der Waals surface area contributed by atoms with Crippen molar-refractivity contribution < 1.29 is 5.11 Å². The van der Waals surface area contributed by atoms with Gasteiger partial charge in [0, 0.05) is 12.4 Å². The molecule has 0 radical (unpaired) electrons. The lowest BCUT2D eigenvalue weighted by Gasteiger charge is -2.32. The number of piperidine rings is 1. The summed E-state index contributed by atoms with van der Waals surface area (Å²) in [4.78, 5) is 2.32. The topological polar surface area (TPSA) is 23.5 Å². The van der Waals surface area contributed by atoms with Gasteiger partial charge in [0.15, 0.2) is 0 Å². The van der Waals surface area contributed by atoms with Crippen LogP contribution in [0.4, 0.5) is 0 Å². The number of likely N-dealkylation sites (tertiary alicyclic amines) is 1. The summed E-state index contributed by atoms with van der Waals surface area (Å²) in [5.41, 5.74) is 0. The number of nitrogens with zero attached hydrogens (tertiary/aromatic N) is 1. The lowest BCUT2D eigenvalue weighted by atomic mass is 9.94. The van der Waals surface area contributed by atoms with E-state index in [9.17, 15) is 5.11 Å². The van der Waals surface area contributed by atoms with E-state index in [0.717, 1.165) is 25.6 Å². The summed E-state index contributed by atoms with van der Waals surface area (Å²) in [6, 6.07) is 0. The molecular weight excluding hydrogens is 186 g/mol. The highest BCUT2D eigenvalue weighted by Crippen LogP contribution is 2.19. The molecule has 1 aliphatic rings. The zero-order chi connectivity index (χ0) is 9.68. The summed E-state index contributed by atoms with van der Waals surface area (Å²) in [6.07, 6.45) is 3.52. The molecule has 0 saturated carbocycles. The number of aliphatic hydroxyl groups excluding tert-OH is 1. The first-order valence-corrected chi connectivity index (χ1v) is 5.76. The van der Waals surface area contributed by atoms with Crippen LogP contribution in [0.5, 0.6) is 0 Å². The minimum Gasteiger partial charge on any atom is -0.391 e. The maximum Gasteiger partial charge on any atom is 0.0802 e.